The summed E-state index contributed by atoms with van der Waals surface area (Å²) in [6.07, 6.45) is 2.99. The molecule has 2 heterocycles. The van der Waals surface area contributed by atoms with E-state index in [0.717, 1.165) is 49.2 Å². The zero-order valence-corrected chi connectivity index (χ0v) is 16.4. The molecule has 2 nitrogen and oxygen atoms in total. The van der Waals surface area contributed by atoms with Gasteiger partial charge in [-0.25, -0.2) is 8.78 Å². The summed E-state index contributed by atoms with van der Waals surface area (Å²) in [7, 11) is 0. The van der Waals surface area contributed by atoms with Crippen LogP contribution in [0.3, 0.4) is 0 Å². The van der Waals surface area contributed by atoms with Gasteiger partial charge in [0.2, 0.25) is 0 Å². The third-order valence-electron chi connectivity index (χ3n) is 5.95. The molecule has 0 aliphatic carbocycles. The largest absolute Gasteiger partial charge is 0.489 e. The van der Waals surface area contributed by atoms with Crippen LogP contribution in [0.2, 0.25) is 5.02 Å². The first-order valence-electron chi connectivity index (χ1n) is 9.73. The smallest absolute Gasteiger partial charge is 0.135 e. The second kappa shape index (κ2) is 7.40. The van der Waals surface area contributed by atoms with Crippen LogP contribution in [0.25, 0.3) is 11.1 Å². The minimum Gasteiger partial charge on any atom is -0.489 e. The van der Waals surface area contributed by atoms with Crippen LogP contribution in [-0.2, 0) is 0 Å². The molecule has 1 saturated heterocycles. The molecule has 2 aromatic rings. The van der Waals surface area contributed by atoms with Gasteiger partial charge < -0.3 is 10.1 Å². The van der Waals surface area contributed by atoms with Crippen molar-refractivity contribution < 1.29 is 13.5 Å². The molecule has 2 aliphatic heterocycles. The fraction of sp³-hybridized carbons (Fsp3) is 0.455. The van der Waals surface area contributed by atoms with Crippen molar-refractivity contribution in [3.63, 3.8) is 0 Å². The highest BCUT2D eigenvalue weighted by molar-refractivity contribution is 6.30. The SMILES string of the molecule is CCC(CC)c1cc(-c2c(F)cc(Cl)cc2F)cc2c1O[C@H]1CCNCC21. The third-order valence-corrected chi connectivity index (χ3v) is 6.17. The Bertz CT molecular complexity index is 843. The Morgan fingerprint density at radius 1 is 1.15 bits per heavy atom. The lowest BCUT2D eigenvalue weighted by molar-refractivity contribution is 0.170. The number of benzene rings is 2. The van der Waals surface area contributed by atoms with Gasteiger partial charge in [-0.05, 0) is 67.1 Å². The lowest BCUT2D eigenvalue weighted by Gasteiger charge is -2.25. The molecule has 0 saturated carbocycles. The zero-order valence-electron chi connectivity index (χ0n) is 15.6. The summed E-state index contributed by atoms with van der Waals surface area (Å²) in [5, 5.41) is 3.48. The first kappa shape index (κ1) is 18.7. The average Bonchev–Trinajstić information content (AvgIpc) is 3.01. The molecule has 144 valence electrons. The first-order valence-corrected chi connectivity index (χ1v) is 10.1. The van der Waals surface area contributed by atoms with E-state index in [1.807, 2.05) is 12.1 Å². The second-order valence-electron chi connectivity index (χ2n) is 7.50. The number of halogens is 3. The molecule has 1 unspecified atom stereocenters. The molecule has 1 fully saturated rings. The van der Waals surface area contributed by atoms with Crippen molar-refractivity contribution in [2.24, 2.45) is 0 Å². The Labute approximate surface area is 163 Å². The van der Waals surface area contributed by atoms with Crippen molar-refractivity contribution >= 4 is 11.6 Å². The standard InChI is InChI=1S/C22H24ClF2NO/c1-3-12(4-2)15-7-13(21-18(24)9-14(23)10-19(21)25)8-16-17-11-26-6-5-20(17)27-22(15)16/h7-10,12,17,20,26H,3-6,11H2,1-2H3/t17?,20-/m0/s1. The number of rotatable bonds is 4. The van der Waals surface area contributed by atoms with Crippen LogP contribution in [0, 0.1) is 11.6 Å². The molecule has 0 radical (unpaired) electrons. The lowest BCUT2D eigenvalue weighted by atomic mass is 9.84. The molecule has 0 spiro atoms. The fourth-order valence-electron chi connectivity index (χ4n) is 4.52. The maximum absolute atomic E-state index is 14.6. The van der Waals surface area contributed by atoms with Crippen LogP contribution in [-0.4, -0.2) is 19.2 Å². The number of nitrogens with one attached hydrogen (secondary N) is 1. The lowest BCUT2D eigenvalue weighted by Crippen LogP contribution is -2.37. The maximum atomic E-state index is 14.6. The summed E-state index contributed by atoms with van der Waals surface area (Å²) in [4.78, 5) is 0. The van der Waals surface area contributed by atoms with Crippen LogP contribution in [0.5, 0.6) is 5.75 Å². The Morgan fingerprint density at radius 2 is 1.85 bits per heavy atom. The first-order chi connectivity index (χ1) is 13.0. The highest BCUT2D eigenvalue weighted by atomic mass is 35.5. The number of piperidine rings is 1. The van der Waals surface area contributed by atoms with Gasteiger partial charge in [0.1, 0.15) is 23.5 Å². The van der Waals surface area contributed by atoms with E-state index in [-0.39, 0.29) is 22.6 Å². The van der Waals surface area contributed by atoms with Crippen LogP contribution in [0.1, 0.15) is 56.1 Å². The van der Waals surface area contributed by atoms with Crippen molar-refractivity contribution in [1.29, 1.82) is 0 Å². The van der Waals surface area contributed by atoms with Gasteiger partial charge in [0.05, 0.1) is 5.56 Å². The molecule has 2 aliphatic rings. The van der Waals surface area contributed by atoms with E-state index in [2.05, 4.69) is 19.2 Å². The Balaban J connectivity index is 1.91. The van der Waals surface area contributed by atoms with E-state index in [9.17, 15) is 8.78 Å². The van der Waals surface area contributed by atoms with E-state index >= 15 is 0 Å². The minimum atomic E-state index is -0.632. The molecular formula is C22H24ClF2NO. The molecule has 0 aromatic heterocycles. The minimum absolute atomic E-state index is 0.0124. The molecular weight excluding hydrogens is 368 g/mol. The highest BCUT2D eigenvalue weighted by Gasteiger charge is 2.38. The number of ether oxygens (including phenoxy) is 1. The van der Waals surface area contributed by atoms with Crippen molar-refractivity contribution in [1.82, 2.24) is 5.32 Å². The van der Waals surface area contributed by atoms with Crippen LogP contribution in [0.15, 0.2) is 24.3 Å². The Hall–Kier alpha value is -1.65. The van der Waals surface area contributed by atoms with E-state index in [4.69, 9.17) is 16.3 Å². The molecule has 2 atom stereocenters. The molecule has 5 heteroatoms. The summed E-state index contributed by atoms with van der Waals surface area (Å²) >= 11 is 5.81. The fourth-order valence-corrected chi connectivity index (χ4v) is 4.71. The van der Waals surface area contributed by atoms with Gasteiger partial charge in [-0.2, -0.15) is 0 Å². The van der Waals surface area contributed by atoms with Gasteiger partial charge >= 0.3 is 0 Å². The van der Waals surface area contributed by atoms with Gasteiger partial charge in [0.25, 0.3) is 0 Å². The van der Waals surface area contributed by atoms with E-state index in [1.54, 1.807) is 0 Å². The average molecular weight is 392 g/mol. The quantitative estimate of drug-likeness (QED) is 0.687. The Kier molecular flexibility index (Phi) is 5.13. The van der Waals surface area contributed by atoms with Gasteiger partial charge in [0, 0.05) is 23.0 Å². The van der Waals surface area contributed by atoms with Crippen LogP contribution in [0.4, 0.5) is 8.78 Å². The number of fused-ring (bicyclic) bond motifs is 3. The molecule has 2 aromatic carbocycles. The second-order valence-corrected chi connectivity index (χ2v) is 7.93. The summed E-state index contributed by atoms with van der Waals surface area (Å²) in [6.45, 7) is 6.04. The van der Waals surface area contributed by atoms with Crippen LogP contribution < -0.4 is 10.1 Å². The summed E-state index contributed by atoms with van der Waals surface area (Å²) < 4.78 is 35.6. The van der Waals surface area contributed by atoms with Crippen molar-refractivity contribution in [3.8, 4) is 16.9 Å². The third kappa shape index (κ3) is 3.23. The number of hydrogen-bond donors (Lipinski definition) is 1. The Morgan fingerprint density at radius 3 is 2.52 bits per heavy atom. The predicted octanol–water partition coefficient (Wildman–Crippen LogP) is 6.03. The molecule has 0 amide bonds. The van der Waals surface area contributed by atoms with Gasteiger partial charge in [-0.15, -0.1) is 0 Å². The zero-order chi connectivity index (χ0) is 19.1. The van der Waals surface area contributed by atoms with Crippen molar-refractivity contribution in [3.05, 3.63) is 52.0 Å². The maximum Gasteiger partial charge on any atom is 0.135 e. The van der Waals surface area contributed by atoms with Gasteiger partial charge in [-0.3, -0.25) is 0 Å². The summed E-state index contributed by atoms with van der Waals surface area (Å²) in [5.41, 5.74) is 2.69. The predicted molar refractivity (Wildman–Crippen MR) is 105 cm³/mol. The number of hydrogen-bond acceptors (Lipinski definition) is 2. The van der Waals surface area contributed by atoms with Crippen molar-refractivity contribution in [2.45, 2.75) is 51.0 Å². The van der Waals surface area contributed by atoms with Crippen LogP contribution >= 0.6 is 11.6 Å². The van der Waals surface area contributed by atoms with E-state index in [0.29, 0.717) is 11.5 Å². The summed E-state index contributed by atoms with van der Waals surface area (Å²) in [5.74, 6) is 0.187. The van der Waals surface area contributed by atoms with Gasteiger partial charge in [-0.1, -0.05) is 25.4 Å². The monoisotopic (exact) mass is 391 g/mol. The van der Waals surface area contributed by atoms with Gasteiger partial charge in [0.15, 0.2) is 0 Å². The van der Waals surface area contributed by atoms with E-state index < -0.39 is 11.6 Å². The van der Waals surface area contributed by atoms with E-state index in [1.165, 1.54) is 12.1 Å². The molecule has 4 rings (SSSR count). The normalized spacial score (nSPS) is 21.1. The molecule has 1 N–H and O–H groups in total. The summed E-state index contributed by atoms with van der Waals surface area (Å²) in [6, 6.07) is 6.17. The van der Waals surface area contributed by atoms with Crippen molar-refractivity contribution in [2.75, 3.05) is 13.1 Å². The molecule has 27 heavy (non-hydrogen) atoms. The highest BCUT2D eigenvalue weighted by Crippen LogP contribution is 2.48. The molecule has 0 bridgehead atoms. The topological polar surface area (TPSA) is 21.3 Å².